The van der Waals surface area contributed by atoms with Gasteiger partial charge in [0.15, 0.2) is 0 Å². The topological polar surface area (TPSA) is 134 Å². The predicted molar refractivity (Wildman–Crippen MR) is 93.8 cm³/mol. The zero-order valence-electron chi connectivity index (χ0n) is 14.2. The molecule has 4 N–H and O–H groups in total. The molecule has 1 rings (SSSR count). The van der Waals surface area contributed by atoms with E-state index in [1.165, 1.54) is 30.5 Å². The van der Waals surface area contributed by atoms with E-state index < -0.39 is 15.9 Å². The molecule has 136 valence electrons. The first kappa shape index (κ1) is 20.6. The van der Waals surface area contributed by atoms with E-state index in [1.54, 1.807) is 6.07 Å². The molecule has 0 aliphatic rings. The Morgan fingerprint density at radius 2 is 2.00 bits per heavy atom. The normalized spacial score (nSPS) is 11.9. The van der Waals surface area contributed by atoms with Crippen LogP contribution in [0.25, 0.3) is 0 Å². The van der Waals surface area contributed by atoms with E-state index in [2.05, 4.69) is 10.6 Å². The third-order valence-electron chi connectivity index (χ3n) is 2.97. The van der Waals surface area contributed by atoms with Gasteiger partial charge in [0.2, 0.25) is 10.0 Å². The maximum atomic E-state index is 12.0. The van der Waals surface area contributed by atoms with E-state index in [1.807, 2.05) is 13.8 Å². The molecule has 0 bridgehead atoms. The van der Waals surface area contributed by atoms with Gasteiger partial charge in [0, 0.05) is 25.0 Å². The van der Waals surface area contributed by atoms with Gasteiger partial charge in [-0.2, -0.15) is 5.26 Å². The number of ether oxygens (including phenoxy) is 1. The van der Waals surface area contributed by atoms with Gasteiger partial charge in [0.25, 0.3) is 5.91 Å². The lowest BCUT2D eigenvalue weighted by molar-refractivity contribution is -0.112. The van der Waals surface area contributed by atoms with Crippen molar-refractivity contribution < 1.29 is 17.9 Å². The van der Waals surface area contributed by atoms with Gasteiger partial charge in [-0.25, -0.2) is 13.6 Å². The second-order valence-corrected chi connectivity index (χ2v) is 6.98. The number of hydrogen-bond acceptors (Lipinski definition) is 6. The zero-order valence-corrected chi connectivity index (χ0v) is 15.0. The summed E-state index contributed by atoms with van der Waals surface area (Å²) < 4.78 is 27.7. The number of anilines is 1. The molecule has 0 radical (unpaired) electrons. The molecule has 0 heterocycles. The van der Waals surface area contributed by atoms with Gasteiger partial charge in [-0.15, -0.1) is 0 Å². The molecule has 0 spiro atoms. The summed E-state index contributed by atoms with van der Waals surface area (Å²) >= 11 is 0. The first-order valence-corrected chi connectivity index (χ1v) is 9.18. The Kier molecular flexibility index (Phi) is 8.07. The fraction of sp³-hybridized carbons (Fsp3) is 0.375. The van der Waals surface area contributed by atoms with Gasteiger partial charge in [-0.05, 0) is 44.5 Å². The summed E-state index contributed by atoms with van der Waals surface area (Å²) in [5.74, 6) is -0.600. The standard InChI is InChI=1S/C16H22N4O4S/c1-12(2)24-9-3-8-19-11-13(10-17)16(21)20-14-4-6-15(7-5-14)25(18,22)23/h4-7,11-12,19H,3,8-9H2,1-2H3,(H,20,21)(H2,18,22,23)/b13-11-. The number of carbonyl (C=O) groups excluding carboxylic acids is 1. The number of nitrogens with zero attached hydrogens (tertiary/aromatic N) is 1. The average Bonchev–Trinajstić information content (AvgIpc) is 2.53. The first-order valence-electron chi connectivity index (χ1n) is 7.63. The van der Waals surface area contributed by atoms with Crippen LogP contribution >= 0.6 is 0 Å². The molecule has 9 heteroatoms. The molecule has 0 unspecified atom stereocenters. The Labute approximate surface area is 147 Å². The molecule has 1 aromatic rings. The second kappa shape index (κ2) is 9.78. The first-order chi connectivity index (χ1) is 11.7. The number of benzene rings is 1. The minimum absolute atomic E-state index is 0.0631. The summed E-state index contributed by atoms with van der Waals surface area (Å²) in [5.41, 5.74) is 0.254. The van der Waals surface area contributed by atoms with Crippen LogP contribution in [0.4, 0.5) is 5.69 Å². The van der Waals surface area contributed by atoms with Crippen LogP contribution in [0.15, 0.2) is 40.9 Å². The van der Waals surface area contributed by atoms with Crippen LogP contribution < -0.4 is 15.8 Å². The monoisotopic (exact) mass is 366 g/mol. The molecule has 0 aliphatic heterocycles. The van der Waals surface area contributed by atoms with Gasteiger partial charge in [-0.1, -0.05) is 0 Å². The number of primary sulfonamides is 1. The molecular formula is C16H22N4O4S. The lowest BCUT2D eigenvalue weighted by atomic mass is 10.2. The molecule has 0 atom stereocenters. The lowest BCUT2D eigenvalue weighted by Crippen LogP contribution is -2.18. The van der Waals surface area contributed by atoms with E-state index >= 15 is 0 Å². The van der Waals surface area contributed by atoms with Crippen molar-refractivity contribution in [1.82, 2.24) is 5.32 Å². The lowest BCUT2D eigenvalue weighted by Gasteiger charge is -2.08. The molecule has 0 aliphatic carbocycles. The third kappa shape index (κ3) is 7.80. The molecule has 0 saturated carbocycles. The van der Waals surface area contributed by atoms with E-state index in [4.69, 9.17) is 15.1 Å². The van der Waals surface area contributed by atoms with E-state index in [0.29, 0.717) is 18.8 Å². The summed E-state index contributed by atoms with van der Waals surface area (Å²) in [5, 5.41) is 19.5. The second-order valence-electron chi connectivity index (χ2n) is 5.42. The minimum atomic E-state index is -3.79. The number of sulfonamides is 1. The summed E-state index contributed by atoms with van der Waals surface area (Å²) in [6.45, 7) is 5.04. The zero-order chi connectivity index (χ0) is 18.9. The third-order valence-corrected chi connectivity index (χ3v) is 3.90. The summed E-state index contributed by atoms with van der Waals surface area (Å²) in [6.07, 6.45) is 2.24. The summed E-state index contributed by atoms with van der Waals surface area (Å²) in [7, 11) is -3.79. The molecule has 1 aromatic carbocycles. The van der Waals surface area contributed by atoms with Crippen LogP contribution in [0.5, 0.6) is 0 Å². The van der Waals surface area contributed by atoms with E-state index in [9.17, 15) is 13.2 Å². The number of rotatable bonds is 9. The number of carbonyl (C=O) groups is 1. The SMILES string of the molecule is CC(C)OCCCN/C=C(/C#N)C(=O)Nc1ccc(S(N)(=O)=O)cc1. The largest absolute Gasteiger partial charge is 0.390 e. The van der Waals surface area contributed by atoms with Gasteiger partial charge in [0.05, 0.1) is 11.0 Å². The van der Waals surface area contributed by atoms with Crippen molar-refractivity contribution in [3.05, 3.63) is 36.0 Å². The van der Waals surface area contributed by atoms with Gasteiger partial charge >= 0.3 is 0 Å². The van der Waals surface area contributed by atoms with Crippen molar-refractivity contribution in [2.24, 2.45) is 5.14 Å². The van der Waals surface area contributed by atoms with Crippen LogP contribution in [0.1, 0.15) is 20.3 Å². The molecule has 0 fully saturated rings. The number of nitrogens with two attached hydrogens (primary N) is 1. The van der Waals surface area contributed by atoms with E-state index in [-0.39, 0.29) is 16.6 Å². The predicted octanol–water partition coefficient (Wildman–Crippen LogP) is 1.08. The van der Waals surface area contributed by atoms with Crippen LogP contribution in [-0.4, -0.2) is 33.6 Å². The summed E-state index contributed by atoms with van der Waals surface area (Å²) in [4.78, 5) is 12.0. The fourth-order valence-electron chi connectivity index (χ4n) is 1.74. The maximum Gasteiger partial charge on any atom is 0.267 e. The molecule has 25 heavy (non-hydrogen) atoms. The fourth-order valence-corrected chi connectivity index (χ4v) is 2.26. The van der Waals surface area contributed by atoms with Crippen molar-refractivity contribution >= 4 is 21.6 Å². The van der Waals surface area contributed by atoms with Gasteiger partial charge in [0.1, 0.15) is 11.6 Å². The number of nitriles is 1. The Morgan fingerprint density at radius 3 is 2.52 bits per heavy atom. The van der Waals surface area contributed by atoms with Crippen molar-refractivity contribution in [2.75, 3.05) is 18.5 Å². The Balaban J connectivity index is 2.56. The molecule has 0 aromatic heterocycles. The van der Waals surface area contributed by atoms with Crippen LogP contribution in [0.2, 0.25) is 0 Å². The van der Waals surface area contributed by atoms with Crippen LogP contribution in [0, 0.1) is 11.3 Å². The Morgan fingerprint density at radius 1 is 1.36 bits per heavy atom. The highest BCUT2D eigenvalue weighted by Gasteiger charge is 2.11. The number of hydrogen-bond donors (Lipinski definition) is 3. The van der Waals surface area contributed by atoms with Crippen molar-refractivity contribution in [1.29, 1.82) is 5.26 Å². The Bertz CT molecular complexity index is 749. The smallest absolute Gasteiger partial charge is 0.267 e. The molecule has 1 amide bonds. The van der Waals surface area contributed by atoms with Crippen molar-refractivity contribution in [2.45, 2.75) is 31.3 Å². The molecule has 8 nitrogen and oxygen atoms in total. The van der Waals surface area contributed by atoms with Crippen molar-refractivity contribution in [3.8, 4) is 6.07 Å². The average molecular weight is 366 g/mol. The van der Waals surface area contributed by atoms with Crippen LogP contribution in [0.3, 0.4) is 0 Å². The van der Waals surface area contributed by atoms with Gasteiger partial charge < -0.3 is 15.4 Å². The highest BCUT2D eigenvalue weighted by Crippen LogP contribution is 2.13. The maximum absolute atomic E-state index is 12.0. The summed E-state index contributed by atoms with van der Waals surface area (Å²) in [6, 6.07) is 7.13. The Hall–Kier alpha value is -2.41. The van der Waals surface area contributed by atoms with Crippen molar-refractivity contribution in [3.63, 3.8) is 0 Å². The highest BCUT2D eigenvalue weighted by atomic mass is 32.2. The number of nitrogens with one attached hydrogen (secondary N) is 2. The molecule has 0 saturated heterocycles. The number of amides is 1. The highest BCUT2D eigenvalue weighted by molar-refractivity contribution is 7.89. The van der Waals surface area contributed by atoms with Gasteiger partial charge in [-0.3, -0.25) is 4.79 Å². The van der Waals surface area contributed by atoms with Crippen LogP contribution in [-0.2, 0) is 19.6 Å². The van der Waals surface area contributed by atoms with E-state index in [0.717, 1.165) is 6.42 Å². The minimum Gasteiger partial charge on any atom is -0.390 e. The molecular weight excluding hydrogens is 344 g/mol. The quantitative estimate of drug-likeness (QED) is 0.340.